The minimum atomic E-state index is -0.301. The number of carbonyl (C=O) groups excluding carboxylic acids is 1. The first-order chi connectivity index (χ1) is 6.49. The van der Waals surface area contributed by atoms with E-state index < -0.39 is 0 Å². The van der Waals surface area contributed by atoms with Crippen LogP contribution in [0.1, 0.15) is 37.8 Å². The van der Waals surface area contributed by atoms with Gasteiger partial charge in [-0.15, -0.1) is 0 Å². The van der Waals surface area contributed by atoms with Gasteiger partial charge in [-0.3, -0.25) is 4.79 Å². The minimum absolute atomic E-state index is 0.301. The summed E-state index contributed by atoms with van der Waals surface area (Å²) in [7, 11) is 0. The molecule has 0 heterocycles. The van der Waals surface area contributed by atoms with Gasteiger partial charge in [0.25, 0.3) is 0 Å². The third-order valence-corrected chi connectivity index (χ3v) is 1.92. The molecule has 0 saturated carbocycles. The third kappa shape index (κ3) is 2.87. The summed E-state index contributed by atoms with van der Waals surface area (Å²) < 4.78 is 5.01. The van der Waals surface area contributed by atoms with Gasteiger partial charge in [-0.05, 0) is 36.1 Å². The average Bonchev–Trinajstić information content (AvgIpc) is 2.01. The van der Waals surface area contributed by atoms with E-state index in [1.54, 1.807) is 6.07 Å². The van der Waals surface area contributed by atoms with Crippen LogP contribution in [0.25, 0.3) is 0 Å². The Morgan fingerprint density at radius 3 is 2.50 bits per heavy atom. The van der Waals surface area contributed by atoms with E-state index in [0.29, 0.717) is 11.7 Å². The standard InChI is InChI=1S/C12H15O2/c1-8(2)11-5-9(3)6-12(7-11)14-10(4)13/h5-8H,3H2,1-2,4H3. The van der Waals surface area contributed by atoms with Crippen molar-refractivity contribution in [3.05, 3.63) is 36.2 Å². The molecule has 0 saturated heterocycles. The Labute approximate surface area is 84.9 Å². The second-order valence-corrected chi connectivity index (χ2v) is 3.66. The molecule has 2 heteroatoms. The van der Waals surface area contributed by atoms with Gasteiger partial charge in [-0.1, -0.05) is 19.9 Å². The van der Waals surface area contributed by atoms with Crippen LogP contribution in [0.4, 0.5) is 0 Å². The average molecular weight is 191 g/mol. The molecule has 0 aliphatic rings. The van der Waals surface area contributed by atoms with Crippen molar-refractivity contribution >= 4 is 5.97 Å². The van der Waals surface area contributed by atoms with Crippen LogP contribution in [0.5, 0.6) is 5.75 Å². The molecular weight excluding hydrogens is 176 g/mol. The number of hydrogen-bond acceptors (Lipinski definition) is 2. The van der Waals surface area contributed by atoms with Gasteiger partial charge in [0.2, 0.25) is 0 Å². The Balaban J connectivity index is 3.01. The van der Waals surface area contributed by atoms with Gasteiger partial charge in [0.05, 0.1) is 0 Å². The smallest absolute Gasteiger partial charge is 0.308 e. The monoisotopic (exact) mass is 191 g/mol. The van der Waals surface area contributed by atoms with E-state index in [-0.39, 0.29) is 5.97 Å². The Hall–Kier alpha value is -1.31. The van der Waals surface area contributed by atoms with Gasteiger partial charge >= 0.3 is 5.97 Å². The molecule has 0 aromatic heterocycles. The summed E-state index contributed by atoms with van der Waals surface area (Å²) in [5.74, 6) is 0.685. The number of esters is 1. The van der Waals surface area contributed by atoms with E-state index in [2.05, 4.69) is 20.8 Å². The van der Waals surface area contributed by atoms with E-state index in [9.17, 15) is 4.79 Å². The van der Waals surface area contributed by atoms with Crippen molar-refractivity contribution in [2.24, 2.45) is 0 Å². The lowest BCUT2D eigenvalue weighted by atomic mass is 10.0. The maximum atomic E-state index is 10.8. The molecule has 1 aromatic rings. The van der Waals surface area contributed by atoms with Gasteiger partial charge in [0, 0.05) is 6.92 Å². The summed E-state index contributed by atoms with van der Waals surface area (Å²) in [6.45, 7) is 9.41. The summed E-state index contributed by atoms with van der Waals surface area (Å²) in [6, 6.07) is 5.63. The number of ether oxygens (including phenoxy) is 1. The molecule has 14 heavy (non-hydrogen) atoms. The first-order valence-electron chi connectivity index (χ1n) is 4.64. The molecule has 1 aromatic carbocycles. The molecule has 0 N–H and O–H groups in total. The van der Waals surface area contributed by atoms with Crippen molar-refractivity contribution in [2.45, 2.75) is 26.7 Å². The molecule has 0 amide bonds. The number of carbonyl (C=O) groups is 1. The SMILES string of the molecule is [CH2]c1cc(OC(C)=O)cc(C(C)C)c1. The van der Waals surface area contributed by atoms with Crippen LogP contribution < -0.4 is 4.74 Å². The van der Waals surface area contributed by atoms with Crippen LogP contribution in [0.2, 0.25) is 0 Å². The second kappa shape index (κ2) is 4.27. The highest BCUT2D eigenvalue weighted by molar-refractivity contribution is 5.69. The van der Waals surface area contributed by atoms with Gasteiger partial charge < -0.3 is 4.74 Å². The Morgan fingerprint density at radius 2 is 2.00 bits per heavy atom. The summed E-state index contributed by atoms with van der Waals surface area (Å²) in [5, 5.41) is 0. The lowest BCUT2D eigenvalue weighted by Crippen LogP contribution is -2.02. The van der Waals surface area contributed by atoms with Crippen LogP contribution in [-0.4, -0.2) is 5.97 Å². The Bertz CT molecular complexity index is 340. The van der Waals surface area contributed by atoms with Crippen molar-refractivity contribution in [3.63, 3.8) is 0 Å². The predicted octanol–water partition coefficient (Wildman–Crippen LogP) is 2.92. The molecule has 0 unspecified atom stereocenters. The molecule has 0 aliphatic heterocycles. The highest BCUT2D eigenvalue weighted by Gasteiger charge is 2.04. The van der Waals surface area contributed by atoms with Crippen molar-refractivity contribution < 1.29 is 9.53 Å². The molecule has 0 atom stereocenters. The van der Waals surface area contributed by atoms with Crippen LogP contribution in [-0.2, 0) is 4.79 Å². The summed E-state index contributed by atoms with van der Waals surface area (Å²) in [6.07, 6.45) is 0. The van der Waals surface area contributed by atoms with Crippen molar-refractivity contribution in [1.29, 1.82) is 0 Å². The van der Waals surface area contributed by atoms with Crippen LogP contribution in [0, 0.1) is 6.92 Å². The van der Waals surface area contributed by atoms with Crippen LogP contribution >= 0.6 is 0 Å². The fraction of sp³-hybridized carbons (Fsp3) is 0.333. The summed E-state index contributed by atoms with van der Waals surface area (Å²) in [5.41, 5.74) is 2.00. The maximum absolute atomic E-state index is 10.8. The highest BCUT2D eigenvalue weighted by atomic mass is 16.5. The van der Waals surface area contributed by atoms with E-state index in [1.165, 1.54) is 6.92 Å². The lowest BCUT2D eigenvalue weighted by molar-refractivity contribution is -0.131. The zero-order valence-electron chi connectivity index (χ0n) is 8.83. The molecule has 0 fully saturated rings. The Kier molecular flexibility index (Phi) is 3.28. The maximum Gasteiger partial charge on any atom is 0.308 e. The fourth-order valence-electron chi connectivity index (χ4n) is 1.24. The normalized spacial score (nSPS) is 10.4. The first kappa shape index (κ1) is 10.8. The van der Waals surface area contributed by atoms with Crippen molar-refractivity contribution in [1.82, 2.24) is 0 Å². The van der Waals surface area contributed by atoms with E-state index in [1.807, 2.05) is 12.1 Å². The third-order valence-electron chi connectivity index (χ3n) is 1.92. The highest BCUT2D eigenvalue weighted by Crippen LogP contribution is 2.22. The van der Waals surface area contributed by atoms with Gasteiger partial charge in [-0.2, -0.15) is 0 Å². The molecule has 0 spiro atoms. The molecule has 0 aliphatic carbocycles. The van der Waals surface area contributed by atoms with Gasteiger partial charge in [0.1, 0.15) is 5.75 Å². The van der Waals surface area contributed by atoms with Gasteiger partial charge in [-0.25, -0.2) is 0 Å². The molecule has 2 nitrogen and oxygen atoms in total. The van der Waals surface area contributed by atoms with E-state index in [0.717, 1.165) is 11.1 Å². The minimum Gasteiger partial charge on any atom is -0.427 e. The summed E-state index contributed by atoms with van der Waals surface area (Å²) in [4.78, 5) is 10.8. The molecular formula is C12H15O2. The lowest BCUT2D eigenvalue weighted by Gasteiger charge is -2.09. The topological polar surface area (TPSA) is 26.3 Å². The molecule has 75 valence electrons. The quantitative estimate of drug-likeness (QED) is 0.530. The predicted molar refractivity (Wildman–Crippen MR) is 56.3 cm³/mol. The zero-order valence-corrected chi connectivity index (χ0v) is 8.83. The molecule has 1 radical (unpaired) electrons. The fourth-order valence-corrected chi connectivity index (χ4v) is 1.24. The van der Waals surface area contributed by atoms with E-state index >= 15 is 0 Å². The number of rotatable bonds is 2. The first-order valence-corrected chi connectivity index (χ1v) is 4.64. The van der Waals surface area contributed by atoms with Crippen LogP contribution in [0.3, 0.4) is 0 Å². The molecule has 0 bridgehead atoms. The van der Waals surface area contributed by atoms with E-state index in [4.69, 9.17) is 4.74 Å². The van der Waals surface area contributed by atoms with Crippen molar-refractivity contribution in [3.8, 4) is 5.75 Å². The Morgan fingerprint density at radius 1 is 1.36 bits per heavy atom. The van der Waals surface area contributed by atoms with Gasteiger partial charge in [0.15, 0.2) is 0 Å². The zero-order chi connectivity index (χ0) is 10.7. The second-order valence-electron chi connectivity index (χ2n) is 3.66. The number of benzene rings is 1. The number of hydrogen-bond donors (Lipinski definition) is 0. The van der Waals surface area contributed by atoms with Crippen molar-refractivity contribution in [2.75, 3.05) is 0 Å². The molecule has 1 rings (SSSR count). The van der Waals surface area contributed by atoms with Crippen LogP contribution in [0.15, 0.2) is 18.2 Å². The summed E-state index contributed by atoms with van der Waals surface area (Å²) >= 11 is 0. The largest absolute Gasteiger partial charge is 0.427 e.